The number of H-pyrrole nitrogens is 1. The Morgan fingerprint density at radius 1 is 1.17 bits per heavy atom. The van der Waals surface area contributed by atoms with Crippen molar-refractivity contribution in [2.24, 2.45) is 0 Å². The van der Waals surface area contributed by atoms with E-state index in [0.29, 0.717) is 39.1 Å². The lowest BCUT2D eigenvalue weighted by molar-refractivity contribution is -0.253. The maximum Gasteiger partial charge on any atom is 0.461 e. The number of aryl methyl sites for hydroxylation is 1. The van der Waals surface area contributed by atoms with Crippen molar-refractivity contribution in [3.05, 3.63) is 35.7 Å². The van der Waals surface area contributed by atoms with E-state index in [9.17, 15) is 17.6 Å². The molecule has 6 nitrogen and oxygen atoms in total. The highest BCUT2D eigenvalue weighted by molar-refractivity contribution is 7.98. The number of halogens is 4. The number of ether oxygens (including phenoxy) is 3. The van der Waals surface area contributed by atoms with Gasteiger partial charge in [0.2, 0.25) is 0 Å². The minimum atomic E-state index is -4.58. The van der Waals surface area contributed by atoms with Crippen LogP contribution in [-0.2, 0) is 5.75 Å². The lowest BCUT2D eigenvalue weighted by atomic mass is 10.2. The summed E-state index contributed by atoms with van der Waals surface area (Å²) in [5.41, 5.74) is 2.31. The molecule has 1 aromatic carbocycles. The number of hydrogen-bond donors (Lipinski definition) is 1. The number of pyridine rings is 1. The molecule has 11 heteroatoms. The number of alkyl halides is 4. The first kappa shape index (κ1) is 21.0. The molecule has 156 valence electrons. The van der Waals surface area contributed by atoms with Crippen LogP contribution < -0.4 is 14.2 Å². The summed E-state index contributed by atoms with van der Waals surface area (Å²) in [5.74, 6) is 1.09. The fourth-order valence-electron chi connectivity index (χ4n) is 2.60. The Labute approximate surface area is 167 Å². The molecule has 29 heavy (non-hydrogen) atoms. The number of imidazole rings is 1. The normalized spacial score (nSPS) is 11.9. The highest BCUT2D eigenvalue weighted by Gasteiger charge is 2.44. The monoisotopic (exact) mass is 431 g/mol. The van der Waals surface area contributed by atoms with E-state index in [2.05, 4.69) is 19.7 Å². The zero-order valence-corrected chi connectivity index (χ0v) is 16.4. The average molecular weight is 431 g/mol. The zero-order chi connectivity index (χ0) is 21.2. The molecule has 0 amide bonds. The summed E-state index contributed by atoms with van der Waals surface area (Å²) in [6.45, 7) is 1.85. The summed E-state index contributed by atoms with van der Waals surface area (Å²) in [5, 5.41) is 0.487. The van der Waals surface area contributed by atoms with E-state index >= 15 is 0 Å². The van der Waals surface area contributed by atoms with Crippen molar-refractivity contribution in [1.29, 1.82) is 0 Å². The number of nitrogens with one attached hydrogen (secondary N) is 1. The van der Waals surface area contributed by atoms with Gasteiger partial charge in [-0.15, -0.1) is 0 Å². The van der Waals surface area contributed by atoms with Crippen LogP contribution in [0, 0.1) is 6.92 Å². The zero-order valence-electron chi connectivity index (χ0n) is 15.6. The van der Waals surface area contributed by atoms with Gasteiger partial charge in [-0.2, -0.15) is 17.6 Å². The molecule has 2 aromatic heterocycles. The highest BCUT2D eigenvalue weighted by Crippen LogP contribution is 2.36. The second-order valence-electron chi connectivity index (χ2n) is 5.93. The van der Waals surface area contributed by atoms with Gasteiger partial charge in [-0.3, -0.25) is 4.98 Å². The third-order valence-electron chi connectivity index (χ3n) is 3.94. The Bertz CT molecular complexity index is 1010. The second-order valence-corrected chi connectivity index (χ2v) is 6.89. The molecular formula is C18H17F4N3O3S. The van der Waals surface area contributed by atoms with E-state index in [1.165, 1.54) is 44.2 Å². The third kappa shape index (κ3) is 4.50. The van der Waals surface area contributed by atoms with Crippen molar-refractivity contribution < 1.29 is 31.8 Å². The molecule has 0 spiro atoms. The van der Waals surface area contributed by atoms with Crippen LogP contribution in [0.5, 0.6) is 17.2 Å². The molecule has 0 unspecified atom stereocenters. The van der Waals surface area contributed by atoms with Gasteiger partial charge >= 0.3 is 12.5 Å². The molecule has 0 saturated carbocycles. The van der Waals surface area contributed by atoms with Crippen LogP contribution in [0.1, 0.15) is 11.3 Å². The van der Waals surface area contributed by atoms with Crippen molar-refractivity contribution in [2.75, 3.05) is 14.2 Å². The van der Waals surface area contributed by atoms with Gasteiger partial charge in [0, 0.05) is 23.6 Å². The van der Waals surface area contributed by atoms with Gasteiger partial charge < -0.3 is 19.2 Å². The van der Waals surface area contributed by atoms with E-state index < -0.39 is 18.3 Å². The maximum absolute atomic E-state index is 13.1. The number of benzene rings is 1. The first-order valence-electron chi connectivity index (χ1n) is 8.29. The van der Waals surface area contributed by atoms with Crippen LogP contribution in [0.2, 0.25) is 0 Å². The Balaban J connectivity index is 1.78. The fraction of sp³-hybridized carbons (Fsp3) is 0.333. The lowest BCUT2D eigenvalue weighted by Crippen LogP contribution is -2.33. The smallest absolute Gasteiger partial charge is 0.461 e. The molecule has 0 bridgehead atoms. The number of nitrogens with zero attached hydrogens (tertiary/aromatic N) is 2. The molecule has 0 radical (unpaired) electrons. The van der Waals surface area contributed by atoms with Crippen LogP contribution >= 0.6 is 11.8 Å². The number of rotatable bonds is 8. The number of methoxy groups -OCH3 is 2. The predicted octanol–water partition coefficient (Wildman–Crippen LogP) is 4.81. The molecule has 0 aliphatic heterocycles. The van der Waals surface area contributed by atoms with Crippen molar-refractivity contribution in [1.82, 2.24) is 15.0 Å². The maximum atomic E-state index is 13.1. The first-order valence-corrected chi connectivity index (χ1v) is 9.27. The Morgan fingerprint density at radius 3 is 2.55 bits per heavy atom. The number of aromatic amines is 1. The van der Waals surface area contributed by atoms with Gasteiger partial charge in [0.25, 0.3) is 0 Å². The van der Waals surface area contributed by atoms with Gasteiger partial charge in [0.05, 0.1) is 30.9 Å². The van der Waals surface area contributed by atoms with Crippen LogP contribution in [0.3, 0.4) is 0 Å². The fourth-order valence-corrected chi connectivity index (χ4v) is 3.43. The van der Waals surface area contributed by atoms with Gasteiger partial charge in [0.1, 0.15) is 5.75 Å². The Kier molecular flexibility index (Phi) is 6.06. The summed E-state index contributed by atoms with van der Waals surface area (Å²) in [6.07, 6.45) is -6.84. The number of aromatic nitrogens is 3. The quantitative estimate of drug-likeness (QED) is 0.408. The molecule has 0 saturated heterocycles. The van der Waals surface area contributed by atoms with Crippen LogP contribution in [0.15, 0.2) is 29.6 Å². The molecule has 3 aromatic rings. The lowest BCUT2D eigenvalue weighted by Gasteiger charge is -2.16. The molecule has 0 aliphatic rings. The minimum absolute atomic E-state index is 0.302. The summed E-state index contributed by atoms with van der Waals surface area (Å²) in [4.78, 5) is 11.6. The predicted molar refractivity (Wildman–Crippen MR) is 99.3 cm³/mol. The molecule has 1 N–H and O–H groups in total. The Morgan fingerprint density at radius 2 is 1.90 bits per heavy atom. The van der Waals surface area contributed by atoms with Gasteiger partial charge in [0.15, 0.2) is 16.7 Å². The summed E-state index contributed by atoms with van der Waals surface area (Å²) in [7, 11) is 3.06. The second kappa shape index (κ2) is 8.36. The third-order valence-corrected chi connectivity index (χ3v) is 4.82. The summed E-state index contributed by atoms with van der Waals surface area (Å²) in [6, 6.07) is 3.76. The van der Waals surface area contributed by atoms with Crippen LogP contribution in [0.25, 0.3) is 11.0 Å². The van der Waals surface area contributed by atoms with Gasteiger partial charge in [-0.25, -0.2) is 4.98 Å². The first-order chi connectivity index (χ1) is 13.7. The van der Waals surface area contributed by atoms with Crippen LogP contribution in [-0.4, -0.2) is 41.7 Å². The van der Waals surface area contributed by atoms with E-state index in [1.807, 2.05) is 6.92 Å². The van der Waals surface area contributed by atoms with E-state index in [4.69, 9.17) is 9.47 Å². The SMILES string of the molecule is COc1c(C)cnc(CSc2nc3cc(OC(F)(F)C(F)F)ccc3[nH]2)c1OC. The molecule has 3 rings (SSSR count). The van der Waals surface area contributed by atoms with Crippen molar-refractivity contribution >= 4 is 22.8 Å². The van der Waals surface area contributed by atoms with Gasteiger partial charge in [-0.1, -0.05) is 11.8 Å². The largest absolute Gasteiger partial charge is 0.492 e. The van der Waals surface area contributed by atoms with Crippen molar-refractivity contribution in [3.63, 3.8) is 0 Å². The summed E-state index contributed by atoms with van der Waals surface area (Å²) >= 11 is 1.30. The number of hydrogen-bond acceptors (Lipinski definition) is 6. The molecule has 0 atom stereocenters. The standard InChI is InChI=1S/C18H17F4N3O3S/c1-9-7-23-13(15(27-3)14(9)26-2)8-29-17-24-11-5-4-10(6-12(11)25-17)28-18(21,22)16(19)20/h4-7,16H,8H2,1-3H3,(H,24,25). The van der Waals surface area contributed by atoms with Crippen LogP contribution in [0.4, 0.5) is 17.6 Å². The van der Waals surface area contributed by atoms with Crippen molar-refractivity contribution in [3.8, 4) is 17.2 Å². The molecule has 2 heterocycles. The number of fused-ring (bicyclic) bond motifs is 1. The molecular weight excluding hydrogens is 414 g/mol. The van der Waals surface area contributed by atoms with Crippen molar-refractivity contribution in [2.45, 2.75) is 30.4 Å². The molecule has 0 aliphatic carbocycles. The minimum Gasteiger partial charge on any atom is -0.492 e. The number of thioether (sulfide) groups is 1. The average Bonchev–Trinajstić information content (AvgIpc) is 3.08. The van der Waals surface area contributed by atoms with E-state index in [0.717, 1.165) is 5.56 Å². The highest BCUT2D eigenvalue weighted by atomic mass is 32.2. The Hall–Kier alpha value is -2.69. The van der Waals surface area contributed by atoms with Gasteiger partial charge in [-0.05, 0) is 19.1 Å². The molecule has 0 fully saturated rings. The summed E-state index contributed by atoms with van der Waals surface area (Å²) < 4.78 is 65.6. The van der Waals surface area contributed by atoms with E-state index in [1.54, 1.807) is 6.20 Å². The topological polar surface area (TPSA) is 69.3 Å². The van der Waals surface area contributed by atoms with E-state index in [-0.39, 0.29) is 0 Å².